The van der Waals surface area contributed by atoms with Crippen LogP contribution in [-0.2, 0) is 6.18 Å². The van der Waals surface area contributed by atoms with Gasteiger partial charge in [-0.15, -0.1) is 0 Å². The van der Waals surface area contributed by atoms with E-state index in [-0.39, 0.29) is 5.43 Å². The number of benzene rings is 2. The number of rotatable bonds is 3. The van der Waals surface area contributed by atoms with Crippen LogP contribution in [0.4, 0.5) is 13.2 Å². The lowest BCUT2D eigenvalue weighted by Gasteiger charge is -2.06. The molecule has 0 amide bonds. The normalized spacial score (nSPS) is 12.0. The highest BCUT2D eigenvalue weighted by atomic mass is 35.5. The van der Waals surface area contributed by atoms with E-state index in [9.17, 15) is 18.0 Å². The van der Waals surface area contributed by atoms with E-state index < -0.39 is 11.7 Å². The van der Waals surface area contributed by atoms with Gasteiger partial charge in [0.2, 0.25) is 5.43 Å². The molecule has 7 heteroatoms. The van der Waals surface area contributed by atoms with Crippen LogP contribution in [0.2, 0.25) is 5.02 Å². The van der Waals surface area contributed by atoms with E-state index in [0.29, 0.717) is 32.9 Å². The molecule has 150 valence electrons. The van der Waals surface area contributed by atoms with Gasteiger partial charge in [-0.3, -0.25) is 4.79 Å². The molecule has 4 rings (SSSR count). The summed E-state index contributed by atoms with van der Waals surface area (Å²) >= 11 is 6.09. The van der Waals surface area contributed by atoms with Gasteiger partial charge in [-0.2, -0.15) is 18.3 Å². The van der Waals surface area contributed by atoms with Crippen LogP contribution < -0.4 is 5.43 Å². The molecule has 3 nitrogen and oxygen atoms in total. The predicted molar refractivity (Wildman–Crippen MR) is 113 cm³/mol. The average molecular weight is 427 g/mol. The van der Waals surface area contributed by atoms with E-state index >= 15 is 0 Å². The van der Waals surface area contributed by atoms with Crippen molar-refractivity contribution in [2.45, 2.75) is 6.18 Å². The Morgan fingerprint density at radius 2 is 1.67 bits per heavy atom. The first-order chi connectivity index (χ1) is 14.3. The fourth-order valence-corrected chi connectivity index (χ4v) is 3.32. The lowest BCUT2D eigenvalue weighted by Crippen LogP contribution is -2.04. The summed E-state index contributed by atoms with van der Waals surface area (Å²) in [5.74, 6) is 0. The first-order valence-electron chi connectivity index (χ1n) is 8.96. The minimum Gasteiger partial charge on any atom is -0.288 e. The van der Waals surface area contributed by atoms with Gasteiger partial charge in [0.05, 0.1) is 16.9 Å². The Labute approximate surface area is 174 Å². The molecule has 4 aromatic rings. The number of fused-ring (bicyclic) bond motifs is 1. The van der Waals surface area contributed by atoms with Gasteiger partial charge in [-0.05, 0) is 48.0 Å². The number of halogens is 4. The maximum atomic E-state index is 13.0. The van der Waals surface area contributed by atoms with Crippen LogP contribution in [0.25, 0.3) is 28.7 Å². The largest absolute Gasteiger partial charge is 0.416 e. The Morgan fingerprint density at radius 3 is 2.43 bits per heavy atom. The smallest absolute Gasteiger partial charge is 0.288 e. The van der Waals surface area contributed by atoms with Gasteiger partial charge in [0.1, 0.15) is 5.52 Å². The first kappa shape index (κ1) is 19.9. The van der Waals surface area contributed by atoms with Crippen LogP contribution in [0.3, 0.4) is 0 Å². The summed E-state index contributed by atoms with van der Waals surface area (Å²) in [6, 6.07) is 18.4. The highest BCUT2D eigenvalue weighted by molar-refractivity contribution is 6.30. The summed E-state index contributed by atoms with van der Waals surface area (Å²) in [6.45, 7) is 0. The van der Waals surface area contributed by atoms with E-state index in [1.807, 2.05) is 0 Å². The van der Waals surface area contributed by atoms with Gasteiger partial charge in [-0.1, -0.05) is 54.1 Å². The second kappa shape index (κ2) is 7.80. The van der Waals surface area contributed by atoms with Crippen LogP contribution in [0, 0.1) is 0 Å². The molecular weight excluding hydrogens is 413 g/mol. The molecule has 1 aromatic heterocycles. The van der Waals surface area contributed by atoms with Crippen molar-refractivity contribution in [2.24, 2.45) is 0 Å². The van der Waals surface area contributed by atoms with Crippen molar-refractivity contribution in [3.05, 3.63) is 105 Å². The summed E-state index contributed by atoms with van der Waals surface area (Å²) in [5.41, 5.74) is 0.822. The Balaban J connectivity index is 1.87. The summed E-state index contributed by atoms with van der Waals surface area (Å²) in [6.07, 6.45) is -1.29. The monoisotopic (exact) mass is 426 g/mol. The molecule has 0 aliphatic carbocycles. The van der Waals surface area contributed by atoms with Crippen molar-refractivity contribution in [3.63, 3.8) is 0 Å². The van der Waals surface area contributed by atoms with Crippen molar-refractivity contribution >= 4 is 34.7 Å². The third-order valence-electron chi connectivity index (χ3n) is 4.51. The zero-order valence-corrected chi connectivity index (χ0v) is 16.2. The van der Waals surface area contributed by atoms with E-state index in [1.165, 1.54) is 22.9 Å². The lowest BCUT2D eigenvalue weighted by atomic mass is 10.1. The number of nitrogens with zero attached hydrogens (tertiary/aromatic N) is 2. The van der Waals surface area contributed by atoms with Crippen molar-refractivity contribution in [2.75, 3.05) is 0 Å². The third-order valence-corrected chi connectivity index (χ3v) is 4.74. The van der Waals surface area contributed by atoms with Crippen molar-refractivity contribution in [1.29, 1.82) is 0 Å². The Kier molecular flexibility index (Phi) is 5.18. The van der Waals surface area contributed by atoms with Crippen molar-refractivity contribution in [1.82, 2.24) is 9.78 Å². The van der Waals surface area contributed by atoms with Gasteiger partial charge in [-0.25, -0.2) is 4.68 Å². The molecule has 0 radical (unpaired) electrons. The molecule has 0 aliphatic heterocycles. The fourth-order valence-electron chi connectivity index (χ4n) is 3.13. The van der Waals surface area contributed by atoms with Gasteiger partial charge >= 0.3 is 6.18 Å². The van der Waals surface area contributed by atoms with Crippen LogP contribution in [0.5, 0.6) is 0 Å². The molecule has 30 heavy (non-hydrogen) atoms. The lowest BCUT2D eigenvalue weighted by molar-refractivity contribution is -0.137. The van der Waals surface area contributed by atoms with Gasteiger partial charge in [0.25, 0.3) is 0 Å². The molecule has 0 aliphatic rings. The first-order valence-corrected chi connectivity index (χ1v) is 9.34. The molecule has 0 saturated carbocycles. The highest BCUT2D eigenvalue weighted by Gasteiger charge is 2.30. The van der Waals surface area contributed by atoms with Crippen LogP contribution in [0.15, 0.2) is 77.6 Å². The number of hydrogen-bond donors (Lipinski definition) is 0. The Morgan fingerprint density at radius 1 is 0.900 bits per heavy atom. The molecule has 3 aromatic carbocycles. The fraction of sp³-hybridized carbons (Fsp3) is 0.0435. The Bertz CT molecular complexity index is 1330. The number of aromatic nitrogens is 2. The molecule has 0 N–H and O–H groups in total. The second-order valence-corrected chi connectivity index (χ2v) is 7.01. The average Bonchev–Trinajstić information content (AvgIpc) is 2.97. The summed E-state index contributed by atoms with van der Waals surface area (Å²) in [4.78, 5) is 12.7. The quantitative estimate of drug-likeness (QED) is 0.389. The summed E-state index contributed by atoms with van der Waals surface area (Å²) in [5, 5.41) is 5.59. The zero-order chi connectivity index (χ0) is 21.3. The zero-order valence-electron chi connectivity index (χ0n) is 15.4. The van der Waals surface area contributed by atoms with E-state index in [4.69, 9.17) is 11.6 Å². The van der Waals surface area contributed by atoms with Gasteiger partial charge in [0, 0.05) is 10.4 Å². The molecule has 0 bridgehead atoms. The van der Waals surface area contributed by atoms with E-state index in [1.54, 1.807) is 54.6 Å². The maximum Gasteiger partial charge on any atom is 0.416 e. The molecule has 0 fully saturated rings. The molecule has 0 spiro atoms. The molecule has 0 saturated heterocycles. The van der Waals surface area contributed by atoms with Crippen LogP contribution >= 0.6 is 11.6 Å². The van der Waals surface area contributed by atoms with Crippen molar-refractivity contribution < 1.29 is 13.2 Å². The third kappa shape index (κ3) is 4.00. The van der Waals surface area contributed by atoms with Gasteiger partial charge < -0.3 is 0 Å². The number of alkyl halides is 3. The van der Waals surface area contributed by atoms with E-state index in [2.05, 4.69) is 5.10 Å². The summed E-state index contributed by atoms with van der Waals surface area (Å²) in [7, 11) is 0. The second-order valence-electron chi connectivity index (χ2n) is 6.58. The minimum absolute atomic E-state index is 0.235. The van der Waals surface area contributed by atoms with Crippen molar-refractivity contribution in [3.8, 4) is 5.69 Å². The standard InChI is InChI=1S/C23H14ClF3N2O/c24-17-7-4-8-18(14-17)29-22-19(9-1-2-10-21(22)30)20(28-29)12-11-15-5-3-6-16(13-15)23(25,26)27/h1-14H/b12-11+. The van der Waals surface area contributed by atoms with Crippen LogP contribution in [-0.4, -0.2) is 9.78 Å². The van der Waals surface area contributed by atoms with Crippen LogP contribution in [0.1, 0.15) is 16.8 Å². The molecular formula is C23H14ClF3N2O. The van der Waals surface area contributed by atoms with E-state index in [0.717, 1.165) is 12.1 Å². The topological polar surface area (TPSA) is 34.9 Å². The molecule has 0 atom stereocenters. The SMILES string of the molecule is O=c1ccccc2c(/C=C/c3cccc(C(F)(F)F)c3)nn(-c3cccc(Cl)c3)c12. The molecule has 1 heterocycles. The molecule has 0 unspecified atom stereocenters. The Hall–Kier alpha value is -3.38. The summed E-state index contributed by atoms with van der Waals surface area (Å²) < 4.78 is 40.4. The predicted octanol–water partition coefficient (Wildman–Crippen LogP) is 6.23. The maximum absolute atomic E-state index is 13.0. The highest BCUT2D eigenvalue weighted by Crippen LogP contribution is 2.30. The number of hydrogen-bond acceptors (Lipinski definition) is 2. The minimum atomic E-state index is -4.42. The van der Waals surface area contributed by atoms with Gasteiger partial charge in [0.15, 0.2) is 0 Å².